The molecule has 0 aliphatic carbocycles. The van der Waals surface area contributed by atoms with Crippen molar-refractivity contribution < 1.29 is 0 Å². The normalized spacial score (nSPS) is 12.5. The highest BCUT2D eigenvalue weighted by Crippen LogP contribution is 2.29. The molecule has 0 bridgehead atoms. The van der Waals surface area contributed by atoms with Crippen molar-refractivity contribution >= 4 is 0 Å². The number of rotatable bonds is 10. The van der Waals surface area contributed by atoms with Crippen molar-refractivity contribution in [1.29, 1.82) is 0 Å². The minimum absolute atomic E-state index is 0.124. The fourth-order valence-electron chi connectivity index (χ4n) is 3.51. The number of nitrogens with zero attached hydrogens (tertiary/aromatic N) is 6. The Labute approximate surface area is 178 Å². The van der Waals surface area contributed by atoms with Crippen LogP contribution in [0, 0.1) is 0 Å². The molecule has 1 unspecified atom stereocenters. The van der Waals surface area contributed by atoms with Crippen molar-refractivity contribution in [1.82, 2.24) is 19.7 Å². The highest BCUT2D eigenvalue weighted by Gasteiger charge is 2.13. The average Bonchev–Trinajstić information content (AvgIpc) is 3.14. The van der Waals surface area contributed by atoms with E-state index in [-0.39, 0.29) is 6.04 Å². The first kappa shape index (κ1) is 21.6. The third-order valence-electron chi connectivity index (χ3n) is 5.10. The minimum Gasteiger partial charge on any atom is -0.305 e. The monoisotopic (exact) mass is 405 g/mol. The summed E-state index contributed by atoms with van der Waals surface area (Å²) < 4.78 is 2.03. The van der Waals surface area contributed by atoms with E-state index in [2.05, 4.69) is 42.4 Å². The van der Waals surface area contributed by atoms with Gasteiger partial charge in [0.2, 0.25) is 0 Å². The molecule has 7 heteroatoms. The van der Waals surface area contributed by atoms with Gasteiger partial charge in [0.25, 0.3) is 0 Å². The van der Waals surface area contributed by atoms with Gasteiger partial charge in [-0.1, -0.05) is 55.8 Å². The van der Waals surface area contributed by atoms with Gasteiger partial charge in [0, 0.05) is 24.6 Å². The third-order valence-corrected chi connectivity index (χ3v) is 5.10. The van der Waals surface area contributed by atoms with Crippen molar-refractivity contribution in [2.75, 3.05) is 0 Å². The van der Waals surface area contributed by atoms with Crippen LogP contribution < -0.4 is 5.84 Å². The fourth-order valence-corrected chi connectivity index (χ4v) is 3.51. The van der Waals surface area contributed by atoms with E-state index in [0.29, 0.717) is 6.54 Å². The Morgan fingerprint density at radius 1 is 1.07 bits per heavy atom. The van der Waals surface area contributed by atoms with E-state index in [9.17, 15) is 0 Å². The Hall–Kier alpha value is -3.09. The summed E-state index contributed by atoms with van der Waals surface area (Å²) >= 11 is 0. The molecular formula is C23H31N7. The third kappa shape index (κ3) is 5.28. The molecule has 0 saturated carbocycles. The summed E-state index contributed by atoms with van der Waals surface area (Å²) in [5.74, 6) is 7.24. The average molecular weight is 406 g/mol. The van der Waals surface area contributed by atoms with Crippen LogP contribution in [0.3, 0.4) is 0 Å². The summed E-state index contributed by atoms with van der Waals surface area (Å²) in [4.78, 5) is 9.46. The van der Waals surface area contributed by atoms with Gasteiger partial charge in [-0.15, -0.1) is 0 Å². The molecule has 1 atom stereocenters. The van der Waals surface area contributed by atoms with E-state index < -0.39 is 0 Å². The maximum atomic E-state index is 5.24. The Morgan fingerprint density at radius 2 is 1.90 bits per heavy atom. The zero-order valence-electron chi connectivity index (χ0n) is 18.1. The maximum absolute atomic E-state index is 5.24. The predicted octanol–water partition coefficient (Wildman–Crippen LogP) is 5.07. The molecule has 3 rings (SSSR count). The van der Waals surface area contributed by atoms with Crippen LogP contribution in [0.5, 0.6) is 0 Å². The summed E-state index contributed by atoms with van der Waals surface area (Å²) in [6.07, 6.45) is 7.11. The van der Waals surface area contributed by atoms with E-state index in [0.717, 1.165) is 66.1 Å². The second kappa shape index (κ2) is 10.6. The Balaban J connectivity index is 1.81. The van der Waals surface area contributed by atoms with Crippen LogP contribution in [0.4, 0.5) is 0 Å². The summed E-state index contributed by atoms with van der Waals surface area (Å²) in [7, 11) is 0. The topological polar surface area (TPSA) is 94.3 Å². The molecule has 0 spiro atoms. The highest BCUT2D eigenvalue weighted by atomic mass is 15.3. The van der Waals surface area contributed by atoms with Crippen LogP contribution >= 0.6 is 0 Å². The fraction of sp³-hybridized carbons (Fsp3) is 0.435. The van der Waals surface area contributed by atoms with Gasteiger partial charge in [0.15, 0.2) is 5.82 Å². The molecule has 7 nitrogen and oxygen atoms in total. The number of unbranched alkanes of at least 4 members (excludes halogenated alkanes) is 1. The van der Waals surface area contributed by atoms with Crippen molar-refractivity contribution in [3.63, 3.8) is 0 Å². The van der Waals surface area contributed by atoms with Crippen molar-refractivity contribution in [3.8, 4) is 11.3 Å². The van der Waals surface area contributed by atoms with Crippen LogP contribution in [0.2, 0.25) is 0 Å². The molecule has 0 amide bonds. The molecule has 2 heterocycles. The van der Waals surface area contributed by atoms with Gasteiger partial charge in [-0.2, -0.15) is 10.2 Å². The number of nitrogens with two attached hydrogens (primary N) is 1. The molecule has 30 heavy (non-hydrogen) atoms. The standard InChI is InChI=1S/C23H31N7/c1-4-6-12-22-26-23(9-5-2)30(28-22)16-18-13-14-21(25-15-18)20-11-8-7-10-19(20)17(3)27-29-24/h7-8,10-11,13-15,17H,4-6,9,12,16H2,1-3H3,(H2,24,27). The number of hydrogen-bond acceptors (Lipinski definition) is 5. The Morgan fingerprint density at radius 3 is 2.60 bits per heavy atom. The van der Waals surface area contributed by atoms with Crippen LogP contribution in [0.15, 0.2) is 52.9 Å². The van der Waals surface area contributed by atoms with E-state index in [4.69, 9.17) is 20.9 Å². The SMILES string of the molecule is CCCCc1nc(CCC)n(Cc2ccc(-c3ccccc3C(C)N=NN)nc2)n1. The zero-order valence-corrected chi connectivity index (χ0v) is 18.1. The Kier molecular flexibility index (Phi) is 7.65. The first-order valence-electron chi connectivity index (χ1n) is 10.7. The maximum Gasteiger partial charge on any atom is 0.150 e. The van der Waals surface area contributed by atoms with Gasteiger partial charge in [-0.05, 0) is 37.0 Å². The molecule has 158 valence electrons. The summed E-state index contributed by atoms with van der Waals surface area (Å²) in [5.41, 5.74) is 4.10. The lowest BCUT2D eigenvalue weighted by molar-refractivity contribution is 0.620. The number of aromatic nitrogens is 4. The lowest BCUT2D eigenvalue weighted by Gasteiger charge is -2.12. The van der Waals surface area contributed by atoms with Crippen LogP contribution in [0.25, 0.3) is 11.3 Å². The molecule has 0 radical (unpaired) electrons. The van der Waals surface area contributed by atoms with E-state index >= 15 is 0 Å². The van der Waals surface area contributed by atoms with Gasteiger partial charge < -0.3 is 5.84 Å². The number of benzene rings is 1. The molecule has 2 N–H and O–H groups in total. The highest BCUT2D eigenvalue weighted by molar-refractivity contribution is 5.64. The molecule has 1 aromatic carbocycles. The van der Waals surface area contributed by atoms with Gasteiger partial charge in [-0.3, -0.25) is 4.98 Å². The first-order chi connectivity index (χ1) is 14.7. The molecular weight excluding hydrogens is 374 g/mol. The van der Waals surface area contributed by atoms with Gasteiger partial charge >= 0.3 is 0 Å². The molecule has 0 saturated heterocycles. The zero-order chi connectivity index (χ0) is 21.3. The van der Waals surface area contributed by atoms with E-state index in [1.807, 2.05) is 36.0 Å². The molecule has 0 fully saturated rings. The number of pyridine rings is 1. The molecule has 2 aromatic heterocycles. The predicted molar refractivity (Wildman–Crippen MR) is 119 cm³/mol. The van der Waals surface area contributed by atoms with Gasteiger partial charge in [0.05, 0.1) is 18.3 Å². The molecule has 0 aliphatic heterocycles. The quantitative estimate of drug-likeness (QED) is 0.289. The smallest absolute Gasteiger partial charge is 0.150 e. The second-order valence-corrected chi connectivity index (χ2v) is 7.50. The second-order valence-electron chi connectivity index (χ2n) is 7.50. The Bertz CT molecular complexity index is 960. The van der Waals surface area contributed by atoms with Gasteiger partial charge in [0.1, 0.15) is 5.82 Å². The molecule has 0 aliphatic rings. The summed E-state index contributed by atoms with van der Waals surface area (Å²) in [6, 6.07) is 12.1. The summed E-state index contributed by atoms with van der Waals surface area (Å²) in [6.45, 7) is 7.01. The minimum atomic E-state index is -0.124. The number of aryl methyl sites for hydroxylation is 2. The van der Waals surface area contributed by atoms with Crippen LogP contribution in [-0.4, -0.2) is 19.7 Å². The summed E-state index contributed by atoms with van der Waals surface area (Å²) in [5, 5.41) is 12.2. The van der Waals surface area contributed by atoms with E-state index in [1.54, 1.807) is 0 Å². The van der Waals surface area contributed by atoms with Crippen LogP contribution in [0.1, 0.15) is 68.9 Å². The molecule has 3 aromatic rings. The van der Waals surface area contributed by atoms with Crippen molar-refractivity contribution in [3.05, 3.63) is 65.4 Å². The van der Waals surface area contributed by atoms with Crippen LogP contribution in [-0.2, 0) is 19.4 Å². The lowest BCUT2D eigenvalue weighted by atomic mass is 9.99. The largest absolute Gasteiger partial charge is 0.305 e. The first-order valence-corrected chi connectivity index (χ1v) is 10.7. The number of hydrogen-bond donors (Lipinski definition) is 1. The lowest BCUT2D eigenvalue weighted by Crippen LogP contribution is -2.07. The van der Waals surface area contributed by atoms with Crippen molar-refractivity contribution in [2.45, 2.75) is 65.5 Å². The van der Waals surface area contributed by atoms with E-state index in [1.165, 1.54) is 0 Å². The van der Waals surface area contributed by atoms with Gasteiger partial charge in [-0.25, -0.2) is 9.67 Å². The van der Waals surface area contributed by atoms with Crippen molar-refractivity contribution in [2.24, 2.45) is 16.2 Å².